The second-order valence-corrected chi connectivity index (χ2v) is 8.81. The van der Waals surface area contributed by atoms with Crippen LogP contribution in [0.4, 0.5) is 22.7 Å². The number of rotatable bonds is 5. The molecule has 0 aliphatic rings. The summed E-state index contributed by atoms with van der Waals surface area (Å²) >= 11 is 0. The number of aromatic amines is 1. The molecule has 0 saturated heterocycles. The first-order valence-corrected chi connectivity index (χ1v) is 11.2. The number of carbonyl (C=O) groups is 1. The quantitative estimate of drug-likeness (QED) is 0.426. The van der Waals surface area contributed by atoms with Crippen LogP contribution in [0.15, 0.2) is 66.7 Å². The number of carbonyl (C=O) groups excluding carboxylic acids is 1. The average molecular weight is 422 g/mol. The van der Waals surface area contributed by atoms with E-state index in [2.05, 4.69) is 20.3 Å². The second kappa shape index (κ2) is 7.64. The van der Waals surface area contributed by atoms with E-state index >= 15 is 0 Å². The van der Waals surface area contributed by atoms with Crippen LogP contribution in [0, 0.1) is 0 Å². The van der Waals surface area contributed by atoms with Crippen molar-refractivity contribution < 1.29 is 18.2 Å². The zero-order chi connectivity index (χ0) is 21.3. The topological polar surface area (TPSA) is 101 Å². The highest BCUT2D eigenvalue weighted by Gasteiger charge is 2.15. The molecule has 0 unspecified atom stereocenters. The van der Waals surface area contributed by atoms with Crippen LogP contribution in [0.1, 0.15) is 6.92 Å². The van der Waals surface area contributed by atoms with E-state index in [0.29, 0.717) is 11.4 Å². The monoisotopic (exact) mass is 421 g/mol. The maximum atomic E-state index is 11.4. The Labute approximate surface area is 174 Å². The Kier molecular flexibility index (Phi) is 5.01. The van der Waals surface area contributed by atoms with Crippen molar-refractivity contribution in [3.05, 3.63) is 66.7 Å². The molecule has 30 heavy (non-hydrogen) atoms. The summed E-state index contributed by atoms with van der Waals surface area (Å²) < 4.78 is 25.3. The standard InChI is InChI=1S/C22H20N4O3S/c1-14(27)23-17-11-12-19-21(13-17)25-20-6-4-3-5-18(20)22(19)24-15-7-9-16(10-8-15)26-30(2,28)29/h3-13,26H,1-2H3,(H,23,27)(H,24,25)/p+1. The Hall–Kier alpha value is -3.65. The smallest absolute Gasteiger partial charge is 0.229 e. The Morgan fingerprint density at radius 2 is 1.47 bits per heavy atom. The number of pyridine rings is 1. The second-order valence-electron chi connectivity index (χ2n) is 7.06. The van der Waals surface area contributed by atoms with E-state index in [-0.39, 0.29) is 5.91 Å². The number of benzene rings is 3. The highest BCUT2D eigenvalue weighted by Crippen LogP contribution is 2.32. The summed E-state index contributed by atoms with van der Waals surface area (Å²) in [4.78, 5) is 14.8. The van der Waals surface area contributed by atoms with Gasteiger partial charge in [0.05, 0.1) is 22.7 Å². The highest BCUT2D eigenvalue weighted by atomic mass is 32.2. The molecule has 3 aromatic carbocycles. The summed E-state index contributed by atoms with van der Waals surface area (Å²) in [6.45, 7) is 1.48. The van der Waals surface area contributed by atoms with Crippen molar-refractivity contribution in [1.29, 1.82) is 0 Å². The number of nitrogens with one attached hydrogen (secondary N) is 4. The first-order valence-electron chi connectivity index (χ1n) is 9.29. The summed E-state index contributed by atoms with van der Waals surface area (Å²) in [7, 11) is -3.32. The molecule has 0 radical (unpaired) electrons. The lowest BCUT2D eigenvalue weighted by atomic mass is 10.1. The third kappa shape index (κ3) is 4.33. The van der Waals surface area contributed by atoms with Crippen molar-refractivity contribution in [3.8, 4) is 0 Å². The first-order chi connectivity index (χ1) is 14.3. The minimum absolute atomic E-state index is 0.128. The number of aromatic nitrogens is 1. The minimum atomic E-state index is -3.32. The maximum absolute atomic E-state index is 11.4. The first kappa shape index (κ1) is 19.7. The van der Waals surface area contributed by atoms with Gasteiger partial charge in [0.25, 0.3) is 0 Å². The van der Waals surface area contributed by atoms with Crippen molar-refractivity contribution in [2.75, 3.05) is 21.6 Å². The number of fused-ring (bicyclic) bond motifs is 2. The molecular formula is C22H21N4O3S+. The molecule has 0 atom stereocenters. The van der Waals surface area contributed by atoms with Crippen LogP contribution >= 0.6 is 0 Å². The van der Waals surface area contributed by atoms with Crippen LogP contribution in [0.5, 0.6) is 0 Å². The molecule has 1 heterocycles. The minimum Gasteiger partial charge on any atom is -0.354 e. The van der Waals surface area contributed by atoms with Gasteiger partial charge in [-0.1, -0.05) is 12.1 Å². The molecule has 0 spiro atoms. The summed E-state index contributed by atoms with van der Waals surface area (Å²) in [6, 6.07) is 20.7. The van der Waals surface area contributed by atoms with Gasteiger partial charge in [0.2, 0.25) is 27.0 Å². The van der Waals surface area contributed by atoms with Crippen molar-refractivity contribution in [3.63, 3.8) is 0 Å². The van der Waals surface area contributed by atoms with Gasteiger partial charge in [-0.3, -0.25) is 9.52 Å². The van der Waals surface area contributed by atoms with Crippen LogP contribution in [0.25, 0.3) is 21.8 Å². The van der Waals surface area contributed by atoms with Crippen LogP contribution in [0.2, 0.25) is 0 Å². The summed E-state index contributed by atoms with van der Waals surface area (Å²) in [5.41, 5.74) is 4.76. The summed E-state index contributed by atoms with van der Waals surface area (Å²) in [5, 5.41) is 8.23. The van der Waals surface area contributed by atoms with E-state index in [1.165, 1.54) is 6.92 Å². The molecular weight excluding hydrogens is 400 g/mol. The largest absolute Gasteiger partial charge is 0.354 e. The predicted octanol–water partition coefficient (Wildman–Crippen LogP) is 3.88. The lowest BCUT2D eigenvalue weighted by Crippen LogP contribution is -2.10. The number of amides is 1. The van der Waals surface area contributed by atoms with E-state index < -0.39 is 10.0 Å². The van der Waals surface area contributed by atoms with Gasteiger partial charge in [-0.25, -0.2) is 13.4 Å². The van der Waals surface area contributed by atoms with Crippen LogP contribution in [-0.4, -0.2) is 20.6 Å². The average Bonchev–Trinajstić information content (AvgIpc) is 2.67. The molecule has 8 heteroatoms. The van der Waals surface area contributed by atoms with Crippen molar-refractivity contribution in [2.45, 2.75) is 6.92 Å². The fourth-order valence-corrected chi connectivity index (χ4v) is 3.93. The SMILES string of the molecule is CC(=O)Nc1ccc2c(Nc3ccc(NS(C)(=O)=O)cc3)c3ccccc3[nH+]c2c1. The number of anilines is 4. The maximum Gasteiger partial charge on any atom is 0.229 e. The van der Waals surface area contributed by atoms with Gasteiger partial charge < -0.3 is 10.6 Å². The number of hydrogen-bond acceptors (Lipinski definition) is 4. The Balaban J connectivity index is 1.78. The molecule has 4 rings (SSSR count). The summed E-state index contributed by atoms with van der Waals surface area (Å²) in [6.07, 6.45) is 1.12. The molecule has 4 N–H and O–H groups in total. The van der Waals surface area contributed by atoms with Gasteiger partial charge >= 0.3 is 0 Å². The van der Waals surface area contributed by atoms with E-state index in [4.69, 9.17) is 0 Å². The van der Waals surface area contributed by atoms with Crippen LogP contribution in [-0.2, 0) is 14.8 Å². The normalized spacial score (nSPS) is 11.4. The fraction of sp³-hybridized carbons (Fsp3) is 0.0909. The molecule has 1 amide bonds. The van der Waals surface area contributed by atoms with E-state index in [0.717, 1.165) is 39.4 Å². The van der Waals surface area contributed by atoms with Crippen LogP contribution in [0.3, 0.4) is 0 Å². The van der Waals surface area contributed by atoms with Gasteiger partial charge in [0.15, 0.2) is 0 Å². The van der Waals surface area contributed by atoms with Crippen molar-refractivity contribution in [2.24, 2.45) is 0 Å². The molecule has 0 bridgehead atoms. The molecule has 0 aliphatic heterocycles. The molecule has 152 valence electrons. The molecule has 0 fully saturated rings. The third-order valence-corrected chi connectivity index (χ3v) is 5.14. The van der Waals surface area contributed by atoms with Gasteiger partial charge in [0.1, 0.15) is 0 Å². The fourth-order valence-electron chi connectivity index (χ4n) is 3.36. The van der Waals surface area contributed by atoms with Crippen molar-refractivity contribution in [1.82, 2.24) is 0 Å². The van der Waals surface area contributed by atoms with Gasteiger partial charge in [-0.05, 0) is 42.5 Å². The van der Waals surface area contributed by atoms with E-state index in [1.54, 1.807) is 12.1 Å². The molecule has 1 aromatic heterocycles. The predicted molar refractivity (Wildman–Crippen MR) is 121 cm³/mol. The lowest BCUT2D eigenvalue weighted by molar-refractivity contribution is -0.310. The summed E-state index contributed by atoms with van der Waals surface area (Å²) in [5.74, 6) is -0.128. The van der Waals surface area contributed by atoms with Crippen molar-refractivity contribution >= 4 is 60.5 Å². The van der Waals surface area contributed by atoms with E-state index in [1.807, 2.05) is 54.6 Å². The molecule has 4 aromatic rings. The zero-order valence-electron chi connectivity index (χ0n) is 16.5. The Morgan fingerprint density at radius 1 is 0.833 bits per heavy atom. The van der Waals surface area contributed by atoms with Gasteiger partial charge in [-0.2, -0.15) is 0 Å². The number of sulfonamides is 1. The van der Waals surface area contributed by atoms with Crippen LogP contribution < -0.4 is 20.3 Å². The lowest BCUT2D eigenvalue weighted by Gasteiger charge is -2.12. The molecule has 7 nitrogen and oxygen atoms in total. The Bertz CT molecular complexity index is 1370. The molecule has 0 aliphatic carbocycles. The van der Waals surface area contributed by atoms with E-state index in [9.17, 15) is 13.2 Å². The zero-order valence-corrected chi connectivity index (χ0v) is 17.3. The Morgan fingerprint density at radius 3 is 2.17 bits per heavy atom. The number of para-hydroxylation sites is 1. The van der Waals surface area contributed by atoms with Gasteiger partial charge in [-0.15, -0.1) is 0 Å². The third-order valence-electron chi connectivity index (χ3n) is 4.53. The number of H-pyrrole nitrogens is 1. The number of hydrogen-bond donors (Lipinski definition) is 3. The highest BCUT2D eigenvalue weighted by molar-refractivity contribution is 7.92. The molecule has 0 saturated carbocycles. The van der Waals surface area contributed by atoms with Gasteiger partial charge in [0, 0.05) is 36.1 Å².